The van der Waals surface area contributed by atoms with Crippen LogP contribution in [0, 0.1) is 27.4 Å². The molecule has 1 unspecified atom stereocenters. The Labute approximate surface area is 131 Å². The van der Waals surface area contributed by atoms with E-state index in [1.165, 1.54) is 22.4 Å². The molecule has 0 aromatic heterocycles. The Morgan fingerprint density at radius 2 is 1.62 bits per heavy atom. The van der Waals surface area contributed by atoms with Gasteiger partial charge in [-0.15, -0.1) is 0 Å². The maximum absolute atomic E-state index is 3.48. The van der Waals surface area contributed by atoms with Crippen molar-refractivity contribution < 1.29 is 0 Å². The smallest absolute Gasteiger partial charge is 0.213 e. The first-order valence-electron chi connectivity index (χ1n) is 7.48. The molecule has 114 valence electrons. The minimum Gasteiger partial charge on any atom is -0.342 e. The van der Waals surface area contributed by atoms with Gasteiger partial charge in [-0.1, -0.05) is 46.4 Å². The third-order valence-electron chi connectivity index (χ3n) is 4.02. The minimum atomic E-state index is -0.0556. The van der Waals surface area contributed by atoms with Crippen molar-refractivity contribution in [3.63, 3.8) is 0 Å². The summed E-state index contributed by atoms with van der Waals surface area (Å²) in [7, 11) is -0.0556. The van der Waals surface area contributed by atoms with E-state index in [0.717, 1.165) is 6.29 Å². The van der Waals surface area contributed by atoms with E-state index in [1.54, 1.807) is 0 Å². The van der Waals surface area contributed by atoms with E-state index in [9.17, 15) is 0 Å². The number of rotatable bonds is 3. The van der Waals surface area contributed by atoms with Gasteiger partial charge in [0.15, 0.2) is 0 Å². The second kappa shape index (κ2) is 6.01. The molecule has 0 aliphatic carbocycles. The molecule has 1 aliphatic heterocycles. The van der Waals surface area contributed by atoms with Gasteiger partial charge in [0.1, 0.15) is 0 Å². The molecule has 1 heterocycles. The van der Waals surface area contributed by atoms with Crippen LogP contribution in [0.25, 0.3) is 0 Å². The quantitative estimate of drug-likeness (QED) is 0.719. The van der Waals surface area contributed by atoms with Gasteiger partial charge in [0, 0.05) is 24.4 Å². The van der Waals surface area contributed by atoms with Crippen LogP contribution in [0.5, 0.6) is 0 Å². The fourth-order valence-corrected chi connectivity index (χ4v) is 3.59. The first-order chi connectivity index (χ1) is 9.68. The Kier molecular flexibility index (Phi) is 4.68. The lowest BCUT2D eigenvalue weighted by molar-refractivity contribution is 0.542. The zero-order chi connectivity index (χ0) is 15.8. The van der Waals surface area contributed by atoms with Crippen LogP contribution in [0.1, 0.15) is 37.5 Å². The molecule has 21 heavy (non-hydrogen) atoms. The summed E-state index contributed by atoms with van der Waals surface area (Å²) in [4.78, 5) is 4.34. The molecule has 2 nitrogen and oxygen atoms in total. The fraction of sp³-hybridized carbons (Fsp3) is 0.500. The number of hydrogen-bond acceptors (Lipinski definition) is 2. The zero-order valence-corrected chi connectivity index (χ0v) is 15.3. The first-order valence-corrected chi connectivity index (χ1v) is 9.45. The standard InChI is InChI=1S/C18H27N2P/c1-14-10-15(2)17(16(3)11-14)20-9-8-19(12-20)13-21(7)18(4,5)6/h8-11H,13H2,1-7H3. The molecule has 2 rings (SSSR count). The summed E-state index contributed by atoms with van der Waals surface area (Å²) >= 11 is 0. The number of anilines is 1. The van der Waals surface area contributed by atoms with Gasteiger partial charge in [0.2, 0.25) is 6.67 Å². The van der Waals surface area contributed by atoms with Crippen LogP contribution in [0.15, 0.2) is 24.5 Å². The van der Waals surface area contributed by atoms with Crippen molar-refractivity contribution in [2.75, 3.05) is 17.9 Å². The highest BCUT2D eigenvalue weighted by Crippen LogP contribution is 2.47. The number of hydrogen-bond donors (Lipinski definition) is 0. The highest BCUT2D eigenvalue weighted by Gasteiger charge is 2.25. The number of aryl methyl sites for hydroxylation is 3. The van der Waals surface area contributed by atoms with Crippen molar-refractivity contribution in [2.45, 2.75) is 46.7 Å². The summed E-state index contributed by atoms with van der Waals surface area (Å²) in [6.07, 6.45) is 5.33. The van der Waals surface area contributed by atoms with Crippen LogP contribution < -0.4 is 4.90 Å². The largest absolute Gasteiger partial charge is 0.342 e. The van der Waals surface area contributed by atoms with Crippen molar-refractivity contribution in [3.8, 4) is 0 Å². The minimum absolute atomic E-state index is 0.0556. The average Bonchev–Trinajstić information content (AvgIpc) is 2.74. The average molecular weight is 302 g/mol. The molecule has 0 bridgehead atoms. The van der Waals surface area contributed by atoms with Gasteiger partial charge in [0.25, 0.3) is 0 Å². The Morgan fingerprint density at radius 3 is 2.14 bits per heavy atom. The van der Waals surface area contributed by atoms with E-state index < -0.39 is 0 Å². The maximum Gasteiger partial charge on any atom is 0.213 e. The van der Waals surface area contributed by atoms with Crippen LogP contribution in [-0.4, -0.2) is 23.0 Å². The maximum atomic E-state index is 3.48. The van der Waals surface area contributed by atoms with Crippen LogP contribution in [0.2, 0.25) is 0 Å². The Hall–Kier alpha value is -1.01. The van der Waals surface area contributed by atoms with E-state index in [2.05, 4.69) is 89.2 Å². The zero-order valence-electron chi connectivity index (χ0n) is 14.4. The van der Waals surface area contributed by atoms with E-state index in [-0.39, 0.29) is 7.92 Å². The SMILES string of the molecule is Cc1cc(C)c(N2[C]N(CP(C)C(C)(C)C)C=C2)c(C)c1. The Balaban J connectivity index is 2.09. The third kappa shape index (κ3) is 3.80. The molecule has 1 aliphatic rings. The molecular weight excluding hydrogens is 275 g/mol. The van der Waals surface area contributed by atoms with E-state index in [4.69, 9.17) is 0 Å². The third-order valence-corrected chi connectivity index (χ3v) is 7.04. The number of benzene rings is 1. The Bertz CT molecular complexity index is 520. The first kappa shape index (κ1) is 16.4. The number of nitrogens with zero attached hydrogens (tertiary/aromatic N) is 2. The normalized spacial score (nSPS) is 16.7. The summed E-state index contributed by atoms with van der Waals surface area (Å²) in [5.41, 5.74) is 5.19. The fourth-order valence-electron chi connectivity index (χ4n) is 2.55. The van der Waals surface area contributed by atoms with Crippen molar-refractivity contribution in [2.24, 2.45) is 0 Å². The molecule has 1 aromatic carbocycles. The lowest BCUT2D eigenvalue weighted by Crippen LogP contribution is -2.24. The highest BCUT2D eigenvalue weighted by atomic mass is 31.1. The van der Waals surface area contributed by atoms with E-state index in [1.807, 2.05) is 0 Å². The topological polar surface area (TPSA) is 6.48 Å². The lowest BCUT2D eigenvalue weighted by atomic mass is 10.0. The molecule has 0 saturated carbocycles. The van der Waals surface area contributed by atoms with E-state index in [0.29, 0.717) is 5.16 Å². The van der Waals surface area contributed by atoms with Crippen LogP contribution in [-0.2, 0) is 0 Å². The van der Waals surface area contributed by atoms with Crippen molar-refractivity contribution in [1.82, 2.24) is 4.90 Å². The molecule has 3 heteroatoms. The van der Waals surface area contributed by atoms with Gasteiger partial charge in [-0.3, -0.25) is 0 Å². The molecule has 0 fully saturated rings. The molecule has 2 radical (unpaired) electrons. The summed E-state index contributed by atoms with van der Waals surface area (Å²) in [5.74, 6) is 0. The predicted octanol–water partition coefficient (Wildman–Crippen LogP) is 5.07. The van der Waals surface area contributed by atoms with Gasteiger partial charge in [-0.25, -0.2) is 0 Å². The van der Waals surface area contributed by atoms with Gasteiger partial charge in [0.05, 0.1) is 0 Å². The molecule has 0 N–H and O–H groups in total. The van der Waals surface area contributed by atoms with E-state index >= 15 is 0 Å². The molecule has 0 amide bonds. The van der Waals surface area contributed by atoms with Crippen molar-refractivity contribution in [1.29, 1.82) is 0 Å². The predicted molar refractivity (Wildman–Crippen MR) is 94.8 cm³/mol. The summed E-state index contributed by atoms with van der Waals surface area (Å²) in [6.45, 7) is 19.3. The van der Waals surface area contributed by atoms with Gasteiger partial charge >= 0.3 is 0 Å². The van der Waals surface area contributed by atoms with Gasteiger partial charge in [-0.2, -0.15) is 0 Å². The van der Waals surface area contributed by atoms with Crippen LogP contribution in [0.4, 0.5) is 5.69 Å². The second-order valence-corrected chi connectivity index (χ2v) is 10.0. The summed E-state index contributed by atoms with van der Waals surface area (Å²) in [6, 6.07) is 4.48. The molecule has 1 aromatic rings. The summed E-state index contributed by atoms with van der Waals surface area (Å²) in [5, 5.41) is 0.383. The molecule has 0 saturated heterocycles. The Morgan fingerprint density at radius 1 is 1.05 bits per heavy atom. The molecular formula is C18H27N2P. The molecule has 0 spiro atoms. The second-order valence-electron chi connectivity index (χ2n) is 7.00. The van der Waals surface area contributed by atoms with Crippen molar-refractivity contribution in [3.05, 3.63) is 47.9 Å². The summed E-state index contributed by atoms with van der Waals surface area (Å²) < 4.78 is 0. The van der Waals surface area contributed by atoms with Crippen LogP contribution >= 0.6 is 7.92 Å². The highest BCUT2D eigenvalue weighted by molar-refractivity contribution is 7.58. The monoisotopic (exact) mass is 302 g/mol. The molecule has 1 atom stereocenters. The lowest BCUT2D eigenvalue weighted by Gasteiger charge is -2.31. The van der Waals surface area contributed by atoms with Gasteiger partial charge < -0.3 is 9.80 Å². The van der Waals surface area contributed by atoms with Gasteiger partial charge in [-0.05, 0) is 43.7 Å². The van der Waals surface area contributed by atoms with Crippen LogP contribution in [0.3, 0.4) is 0 Å². The van der Waals surface area contributed by atoms with Crippen molar-refractivity contribution >= 4 is 13.6 Å².